The standard InChI is InChI=1S/C15H27N5O3/c1-18-10-14(22)20(11-13(18)21)12(4-2-3-5-16)15(23)19-8-6-17-7-9-19/h12,17H,2-11,16H2,1H3/t12-/m0/s1. The van der Waals surface area contributed by atoms with Crippen LogP contribution in [-0.2, 0) is 14.4 Å². The third kappa shape index (κ3) is 4.42. The van der Waals surface area contributed by atoms with E-state index in [2.05, 4.69) is 5.32 Å². The van der Waals surface area contributed by atoms with Crippen molar-refractivity contribution in [1.29, 1.82) is 0 Å². The number of carbonyl (C=O) groups is 3. The van der Waals surface area contributed by atoms with Gasteiger partial charge in [-0.05, 0) is 25.8 Å². The second-order valence-corrected chi connectivity index (χ2v) is 6.15. The van der Waals surface area contributed by atoms with Gasteiger partial charge in [-0.3, -0.25) is 14.4 Å². The van der Waals surface area contributed by atoms with E-state index in [-0.39, 0.29) is 30.8 Å². The maximum Gasteiger partial charge on any atom is 0.245 e. The van der Waals surface area contributed by atoms with Crippen LogP contribution < -0.4 is 11.1 Å². The Morgan fingerprint density at radius 2 is 1.87 bits per heavy atom. The van der Waals surface area contributed by atoms with Crippen molar-refractivity contribution < 1.29 is 14.4 Å². The highest BCUT2D eigenvalue weighted by Crippen LogP contribution is 2.16. The van der Waals surface area contributed by atoms with Crippen molar-refractivity contribution in [2.45, 2.75) is 25.3 Å². The Balaban J connectivity index is 2.10. The Bertz CT molecular complexity index is 450. The summed E-state index contributed by atoms with van der Waals surface area (Å²) in [4.78, 5) is 41.8. The average molecular weight is 325 g/mol. The molecule has 3 N–H and O–H groups in total. The number of unbranched alkanes of at least 4 members (excludes halogenated alkanes) is 1. The summed E-state index contributed by atoms with van der Waals surface area (Å²) in [6, 6.07) is -0.551. The molecule has 1 atom stereocenters. The van der Waals surface area contributed by atoms with Crippen molar-refractivity contribution in [2.75, 3.05) is 52.9 Å². The molecule has 0 radical (unpaired) electrons. The third-order valence-electron chi connectivity index (χ3n) is 4.45. The number of rotatable bonds is 6. The second kappa shape index (κ2) is 8.26. The fourth-order valence-corrected chi connectivity index (χ4v) is 3.01. The minimum absolute atomic E-state index is 0.0134. The number of nitrogens with one attached hydrogen (secondary N) is 1. The van der Waals surface area contributed by atoms with Crippen LogP contribution in [0.2, 0.25) is 0 Å². The number of nitrogens with two attached hydrogens (primary N) is 1. The van der Waals surface area contributed by atoms with Crippen LogP contribution in [0.1, 0.15) is 19.3 Å². The van der Waals surface area contributed by atoms with Gasteiger partial charge in [0.05, 0.1) is 6.54 Å². The number of nitrogens with zero attached hydrogens (tertiary/aromatic N) is 3. The summed E-state index contributed by atoms with van der Waals surface area (Å²) in [7, 11) is 1.61. The molecular formula is C15H27N5O3. The van der Waals surface area contributed by atoms with Crippen LogP contribution in [0.5, 0.6) is 0 Å². The number of piperazine rings is 2. The minimum Gasteiger partial charge on any atom is -0.338 e. The Morgan fingerprint density at radius 1 is 1.17 bits per heavy atom. The molecule has 130 valence electrons. The summed E-state index contributed by atoms with van der Waals surface area (Å²) in [5, 5.41) is 3.21. The molecule has 2 aliphatic rings. The van der Waals surface area contributed by atoms with Gasteiger partial charge in [-0.1, -0.05) is 0 Å². The quantitative estimate of drug-likeness (QED) is 0.562. The Labute approximate surface area is 136 Å². The summed E-state index contributed by atoms with van der Waals surface area (Å²) in [5.74, 6) is -0.330. The lowest BCUT2D eigenvalue weighted by Gasteiger charge is -2.39. The van der Waals surface area contributed by atoms with E-state index in [4.69, 9.17) is 5.73 Å². The first-order valence-electron chi connectivity index (χ1n) is 8.27. The molecule has 0 aromatic carbocycles. The van der Waals surface area contributed by atoms with E-state index in [0.29, 0.717) is 26.1 Å². The maximum absolute atomic E-state index is 12.9. The highest BCUT2D eigenvalue weighted by atomic mass is 16.2. The average Bonchev–Trinajstić information content (AvgIpc) is 2.56. The molecule has 2 rings (SSSR count). The normalized spacial score (nSPS) is 20.9. The highest BCUT2D eigenvalue weighted by molar-refractivity contribution is 5.96. The van der Waals surface area contributed by atoms with Gasteiger partial charge in [0, 0.05) is 33.2 Å². The molecule has 0 aromatic rings. The van der Waals surface area contributed by atoms with Gasteiger partial charge >= 0.3 is 0 Å². The second-order valence-electron chi connectivity index (χ2n) is 6.15. The first-order chi connectivity index (χ1) is 11.0. The molecule has 3 amide bonds. The fraction of sp³-hybridized carbons (Fsp3) is 0.800. The lowest BCUT2D eigenvalue weighted by Crippen LogP contribution is -2.61. The zero-order chi connectivity index (χ0) is 16.8. The molecule has 0 saturated carbocycles. The topological polar surface area (TPSA) is 99.0 Å². The Kier molecular flexibility index (Phi) is 6.35. The van der Waals surface area contributed by atoms with Crippen LogP contribution in [-0.4, -0.2) is 91.3 Å². The number of amides is 3. The molecule has 2 saturated heterocycles. The molecular weight excluding hydrogens is 298 g/mol. The van der Waals surface area contributed by atoms with Crippen molar-refractivity contribution in [3.63, 3.8) is 0 Å². The predicted molar refractivity (Wildman–Crippen MR) is 85.5 cm³/mol. The lowest BCUT2D eigenvalue weighted by atomic mass is 10.0. The molecule has 0 bridgehead atoms. The van der Waals surface area contributed by atoms with Gasteiger partial charge in [0.2, 0.25) is 17.7 Å². The van der Waals surface area contributed by atoms with Crippen molar-refractivity contribution in [1.82, 2.24) is 20.0 Å². The summed E-state index contributed by atoms with van der Waals surface area (Å²) in [5.41, 5.74) is 5.53. The van der Waals surface area contributed by atoms with Crippen molar-refractivity contribution in [3.05, 3.63) is 0 Å². The van der Waals surface area contributed by atoms with E-state index in [1.807, 2.05) is 0 Å². The Morgan fingerprint density at radius 3 is 2.52 bits per heavy atom. The maximum atomic E-state index is 12.9. The van der Waals surface area contributed by atoms with E-state index < -0.39 is 6.04 Å². The zero-order valence-corrected chi connectivity index (χ0v) is 13.8. The van der Waals surface area contributed by atoms with Gasteiger partial charge in [0.15, 0.2) is 0 Å². The number of hydrogen-bond acceptors (Lipinski definition) is 5. The largest absolute Gasteiger partial charge is 0.338 e. The van der Waals surface area contributed by atoms with E-state index in [0.717, 1.165) is 25.9 Å². The number of likely N-dealkylation sites (N-methyl/N-ethyl adjacent to an activating group) is 1. The molecule has 0 aliphatic carbocycles. The van der Waals surface area contributed by atoms with Crippen molar-refractivity contribution in [3.8, 4) is 0 Å². The van der Waals surface area contributed by atoms with E-state index >= 15 is 0 Å². The van der Waals surface area contributed by atoms with E-state index in [1.54, 1.807) is 11.9 Å². The minimum atomic E-state index is -0.551. The van der Waals surface area contributed by atoms with Crippen LogP contribution in [0.15, 0.2) is 0 Å². The molecule has 0 unspecified atom stereocenters. The number of carbonyl (C=O) groups excluding carboxylic acids is 3. The molecule has 2 aliphatic heterocycles. The zero-order valence-electron chi connectivity index (χ0n) is 13.8. The van der Waals surface area contributed by atoms with Gasteiger partial charge in [0.25, 0.3) is 0 Å². The molecule has 0 spiro atoms. The van der Waals surface area contributed by atoms with Gasteiger partial charge in [-0.2, -0.15) is 0 Å². The fourth-order valence-electron chi connectivity index (χ4n) is 3.01. The molecule has 0 aromatic heterocycles. The monoisotopic (exact) mass is 325 g/mol. The smallest absolute Gasteiger partial charge is 0.245 e. The summed E-state index contributed by atoms with van der Waals surface area (Å²) in [6.07, 6.45) is 2.14. The summed E-state index contributed by atoms with van der Waals surface area (Å²) >= 11 is 0. The van der Waals surface area contributed by atoms with Gasteiger partial charge in [-0.15, -0.1) is 0 Å². The molecule has 2 heterocycles. The molecule has 8 nitrogen and oxygen atoms in total. The van der Waals surface area contributed by atoms with Gasteiger partial charge in [0.1, 0.15) is 12.6 Å². The van der Waals surface area contributed by atoms with Crippen molar-refractivity contribution >= 4 is 17.7 Å². The SMILES string of the molecule is CN1CC(=O)N([C@@H](CCCCN)C(=O)N2CCNCC2)CC1=O. The van der Waals surface area contributed by atoms with Crippen LogP contribution in [0.3, 0.4) is 0 Å². The summed E-state index contributed by atoms with van der Waals surface area (Å²) in [6.45, 7) is 3.39. The molecule has 8 heteroatoms. The lowest BCUT2D eigenvalue weighted by molar-refractivity contribution is -0.156. The summed E-state index contributed by atoms with van der Waals surface area (Å²) < 4.78 is 0. The van der Waals surface area contributed by atoms with Gasteiger partial charge in [-0.25, -0.2) is 0 Å². The van der Waals surface area contributed by atoms with Crippen molar-refractivity contribution in [2.24, 2.45) is 5.73 Å². The highest BCUT2D eigenvalue weighted by Gasteiger charge is 2.37. The Hall–Kier alpha value is -1.67. The molecule has 2 fully saturated rings. The first kappa shape index (κ1) is 17.7. The first-order valence-corrected chi connectivity index (χ1v) is 8.27. The van der Waals surface area contributed by atoms with Crippen LogP contribution in [0.25, 0.3) is 0 Å². The van der Waals surface area contributed by atoms with E-state index in [9.17, 15) is 14.4 Å². The predicted octanol–water partition coefficient (Wildman–Crippen LogP) is -1.78. The van der Waals surface area contributed by atoms with Crippen LogP contribution in [0.4, 0.5) is 0 Å². The van der Waals surface area contributed by atoms with Gasteiger partial charge < -0.3 is 25.8 Å². The third-order valence-corrected chi connectivity index (χ3v) is 4.45. The number of hydrogen-bond donors (Lipinski definition) is 2. The van der Waals surface area contributed by atoms with Crippen LogP contribution >= 0.6 is 0 Å². The van der Waals surface area contributed by atoms with E-state index in [1.165, 1.54) is 9.80 Å². The molecule has 23 heavy (non-hydrogen) atoms. The van der Waals surface area contributed by atoms with Crippen LogP contribution in [0, 0.1) is 0 Å².